The van der Waals surface area contributed by atoms with E-state index in [0.717, 1.165) is 10.4 Å². The molecule has 2 amide bonds. The Morgan fingerprint density at radius 1 is 1.20 bits per heavy atom. The van der Waals surface area contributed by atoms with Gasteiger partial charge in [-0.25, -0.2) is 0 Å². The normalized spacial score (nSPS) is 11.7. The van der Waals surface area contributed by atoms with E-state index in [4.69, 9.17) is 4.52 Å². The van der Waals surface area contributed by atoms with Crippen molar-refractivity contribution in [1.29, 1.82) is 0 Å². The number of nitrogens with zero attached hydrogens (tertiary/aromatic N) is 1. The van der Waals surface area contributed by atoms with Crippen molar-refractivity contribution < 1.29 is 14.1 Å². The zero-order valence-corrected chi connectivity index (χ0v) is 14.4. The number of hydrogen-bond acceptors (Lipinski definition) is 5. The Morgan fingerprint density at radius 3 is 2.72 bits per heavy atom. The van der Waals surface area contributed by atoms with Gasteiger partial charge in [0.15, 0.2) is 11.5 Å². The molecule has 6 nitrogen and oxygen atoms in total. The molecule has 0 radical (unpaired) electrons. The molecule has 0 aliphatic rings. The smallest absolute Gasteiger partial charge is 0.274 e. The molecule has 2 heterocycles. The maximum Gasteiger partial charge on any atom is 0.274 e. The number of aromatic nitrogens is 1. The fourth-order valence-corrected chi connectivity index (χ4v) is 2.86. The first-order valence-corrected chi connectivity index (χ1v) is 8.64. The third-order valence-corrected chi connectivity index (χ3v) is 4.44. The fraction of sp³-hybridized carbons (Fsp3) is 0.167. The van der Waals surface area contributed by atoms with Crippen molar-refractivity contribution in [3.05, 3.63) is 65.2 Å². The zero-order chi connectivity index (χ0) is 17.6. The largest absolute Gasteiger partial charge is 0.355 e. The molecule has 1 aromatic carbocycles. The van der Waals surface area contributed by atoms with E-state index in [1.165, 1.54) is 11.3 Å². The van der Waals surface area contributed by atoms with Crippen LogP contribution in [-0.2, 0) is 11.3 Å². The topological polar surface area (TPSA) is 84.2 Å². The van der Waals surface area contributed by atoms with Crippen molar-refractivity contribution in [2.24, 2.45) is 0 Å². The van der Waals surface area contributed by atoms with Crippen LogP contribution in [0.5, 0.6) is 0 Å². The Bertz CT molecular complexity index is 844. The maximum absolute atomic E-state index is 12.2. The highest BCUT2D eigenvalue weighted by Gasteiger charge is 2.19. The molecule has 0 saturated heterocycles. The number of amides is 2. The summed E-state index contributed by atoms with van der Waals surface area (Å²) in [4.78, 5) is 25.2. The summed E-state index contributed by atoms with van der Waals surface area (Å²) in [7, 11) is 0. The Morgan fingerprint density at radius 2 is 2.00 bits per heavy atom. The lowest BCUT2D eigenvalue weighted by atomic mass is 10.2. The number of carbonyl (C=O) groups excluding carboxylic acids is 2. The summed E-state index contributed by atoms with van der Waals surface area (Å²) in [5.74, 6) is -0.186. The molecule has 0 saturated carbocycles. The summed E-state index contributed by atoms with van der Waals surface area (Å²) in [6, 6.07) is 14.2. The number of nitrogens with one attached hydrogen (secondary N) is 2. The van der Waals surface area contributed by atoms with Crippen LogP contribution in [-0.4, -0.2) is 23.0 Å². The van der Waals surface area contributed by atoms with Crippen LogP contribution in [0.25, 0.3) is 10.6 Å². The highest BCUT2D eigenvalue weighted by molar-refractivity contribution is 7.13. The van der Waals surface area contributed by atoms with Gasteiger partial charge in [0.2, 0.25) is 5.91 Å². The minimum Gasteiger partial charge on any atom is -0.355 e. The van der Waals surface area contributed by atoms with E-state index in [0.29, 0.717) is 12.3 Å². The van der Waals surface area contributed by atoms with Crippen LogP contribution >= 0.6 is 11.3 Å². The Labute approximate surface area is 148 Å². The Balaban J connectivity index is 1.54. The van der Waals surface area contributed by atoms with Gasteiger partial charge in [-0.1, -0.05) is 41.6 Å². The molecule has 3 aromatic rings. The maximum atomic E-state index is 12.2. The average molecular weight is 355 g/mol. The minimum absolute atomic E-state index is 0.145. The van der Waals surface area contributed by atoms with E-state index in [9.17, 15) is 9.59 Å². The lowest BCUT2D eigenvalue weighted by molar-refractivity contribution is -0.122. The van der Waals surface area contributed by atoms with Gasteiger partial charge in [-0.3, -0.25) is 9.59 Å². The van der Waals surface area contributed by atoms with Crippen molar-refractivity contribution in [1.82, 2.24) is 15.8 Å². The molecule has 0 unspecified atom stereocenters. The van der Waals surface area contributed by atoms with E-state index in [1.54, 1.807) is 13.0 Å². The predicted molar refractivity (Wildman–Crippen MR) is 95.0 cm³/mol. The van der Waals surface area contributed by atoms with E-state index in [-0.39, 0.29) is 11.6 Å². The number of benzene rings is 1. The lowest BCUT2D eigenvalue weighted by Crippen LogP contribution is -2.44. The summed E-state index contributed by atoms with van der Waals surface area (Å²) >= 11 is 1.49. The molecule has 0 spiro atoms. The molecule has 25 heavy (non-hydrogen) atoms. The van der Waals surface area contributed by atoms with Gasteiger partial charge in [-0.05, 0) is 23.9 Å². The number of hydrogen-bond donors (Lipinski definition) is 2. The summed E-state index contributed by atoms with van der Waals surface area (Å²) in [6.45, 7) is 2.03. The molecule has 0 bridgehead atoms. The van der Waals surface area contributed by atoms with E-state index >= 15 is 0 Å². The average Bonchev–Trinajstić information content (AvgIpc) is 3.31. The third kappa shape index (κ3) is 4.33. The number of carbonyl (C=O) groups is 2. The van der Waals surface area contributed by atoms with E-state index in [2.05, 4.69) is 15.8 Å². The molecule has 0 aliphatic carbocycles. The second kappa shape index (κ2) is 7.76. The number of thiophene rings is 1. The van der Waals surface area contributed by atoms with Crippen molar-refractivity contribution in [3.8, 4) is 10.6 Å². The second-order valence-corrected chi connectivity index (χ2v) is 6.40. The van der Waals surface area contributed by atoms with Gasteiger partial charge in [-0.15, -0.1) is 11.3 Å². The molecule has 0 aliphatic heterocycles. The van der Waals surface area contributed by atoms with Crippen LogP contribution in [0.15, 0.2) is 58.4 Å². The van der Waals surface area contributed by atoms with Crippen LogP contribution in [0.3, 0.4) is 0 Å². The van der Waals surface area contributed by atoms with Crippen LogP contribution in [0, 0.1) is 0 Å². The van der Waals surface area contributed by atoms with Crippen LogP contribution in [0.4, 0.5) is 0 Å². The van der Waals surface area contributed by atoms with Gasteiger partial charge >= 0.3 is 0 Å². The van der Waals surface area contributed by atoms with Crippen molar-refractivity contribution >= 4 is 23.2 Å². The van der Waals surface area contributed by atoms with Gasteiger partial charge in [0, 0.05) is 12.6 Å². The first-order valence-electron chi connectivity index (χ1n) is 7.76. The SMILES string of the molecule is C[C@H](NC(=O)c1cc(-c2cccs2)on1)C(=O)NCc1ccccc1. The highest BCUT2D eigenvalue weighted by Crippen LogP contribution is 2.25. The van der Waals surface area contributed by atoms with E-state index < -0.39 is 11.9 Å². The van der Waals surface area contributed by atoms with E-state index in [1.807, 2.05) is 47.8 Å². The minimum atomic E-state index is -0.682. The molecule has 128 valence electrons. The van der Waals surface area contributed by atoms with Gasteiger partial charge < -0.3 is 15.2 Å². The first kappa shape index (κ1) is 16.9. The van der Waals surface area contributed by atoms with Gasteiger partial charge in [0.05, 0.1) is 4.88 Å². The summed E-state index contributed by atoms with van der Waals surface area (Å²) in [5, 5.41) is 11.1. The van der Waals surface area contributed by atoms with Gasteiger partial charge in [0.1, 0.15) is 6.04 Å². The molecular formula is C18H17N3O3S. The molecule has 3 rings (SSSR count). The summed E-state index contributed by atoms with van der Waals surface area (Å²) in [5.41, 5.74) is 1.14. The van der Waals surface area contributed by atoms with Gasteiger partial charge in [0.25, 0.3) is 5.91 Å². The Hall–Kier alpha value is -2.93. The molecule has 0 fully saturated rings. The van der Waals surface area contributed by atoms with Crippen molar-refractivity contribution in [2.45, 2.75) is 19.5 Å². The highest BCUT2D eigenvalue weighted by atomic mass is 32.1. The van der Waals surface area contributed by atoms with Crippen LogP contribution in [0.1, 0.15) is 23.0 Å². The first-order chi connectivity index (χ1) is 12.1. The third-order valence-electron chi connectivity index (χ3n) is 3.56. The number of rotatable bonds is 6. The molecule has 7 heteroatoms. The Kier molecular flexibility index (Phi) is 5.25. The van der Waals surface area contributed by atoms with Crippen LogP contribution in [0.2, 0.25) is 0 Å². The van der Waals surface area contributed by atoms with Gasteiger partial charge in [-0.2, -0.15) is 0 Å². The molecule has 2 N–H and O–H groups in total. The quantitative estimate of drug-likeness (QED) is 0.712. The molecule has 1 atom stereocenters. The standard InChI is InChI=1S/C18H17N3O3S/c1-12(17(22)19-11-13-6-3-2-4-7-13)20-18(23)14-10-15(24-21-14)16-8-5-9-25-16/h2-10,12H,11H2,1H3,(H,19,22)(H,20,23)/t12-/m0/s1. The lowest BCUT2D eigenvalue weighted by Gasteiger charge is -2.13. The van der Waals surface area contributed by atoms with Crippen molar-refractivity contribution in [2.75, 3.05) is 0 Å². The zero-order valence-electron chi connectivity index (χ0n) is 13.6. The monoisotopic (exact) mass is 355 g/mol. The summed E-state index contributed by atoms with van der Waals surface area (Å²) in [6.07, 6.45) is 0. The van der Waals surface area contributed by atoms with Crippen molar-refractivity contribution in [3.63, 3.8) is 0 Å². The second-order valence-electron chi connectivity index (χ2n) is 5.45. The molecule has 2 aromatic heterocycles. The predicted octanol–water partition coefficient (Wildman–Crippen LogP) is 2.84. The fourth-order valence-electron chi connectivity index (χ4n) is 2.19. The summed E-state index contributed by atoms with van der Waals surface area (Å²) < 4.78 is 5.18. The van der Waals surface area contributed by atoms with Crippen LogP contribution < -0.4 is 10.6 Å². The molecular weight excluding hydrogens is 338 g/mol.